The smallest absolute Gasteiger partial charge is 0.361 e. The zero-order valence-electron chi connectivity index (χ0n) is 10.4. The summed E-state index contributed by atoms with van der Waals surface area (Å²) in [6.45, 7) is 1.59. The zero-order valence-corrected chi connectivity index (χ0v) is 12.0. The van der Waals surface area contributed by atoms with Gasteiger partial charge in [-0.1, -0.05) is 6.07 Å². The van der Waals surface area contributed by atoms with E-state index in [9.17, 15) is 8.42 Å². The van der Waals surface area contributed by atoms with Gasteiger partial charge < -0.3 is 4.98 Å². The summed E-state index contributed by atoms with van der Waals surface area (Å²) in [7, 11) is -8.18. The highest BCUT2D eigenvalue weighted by Crippen LogP contribution is 2.23. The van der Waals surface area contributed by atoms with Crippen molar-refractivity contribution in [2.45, 2.75) is 12.2 Å². The molecule has 0 aliphatic rings. The van der Waals surface area contributed by atoms with Crippen LogP contribution in [-0.4, -0.2) is 30.9 Å². The van der Waals surface area contributed by atoms with Crippen LogP contribution in [-0.2, 0) is 20.4 Å². The van der Waals surface area contributed by atoms with Gasteiger partial charge in [-0.25, -0.2) is 13.6 Å². The van der Waals surface area contributed by atoms with Gasteiger partial charge in [0.1, 0.15) is 0 Å². The number of sulfonamides is 1. The first kappa shape index (κ1) is 16.6. The first-order valence-corrected chi connectivity index (χ1v) is 8.27. The maximum absolute atomic E-state index is 11.2. The van der Waals surface area contributed by atoms with Crippen molar-refractivity contribution in [1.82, 2.24) is 4.98 Å². The van der Waals surface area contributed by atoms with Gasteiger partial charge in [-0.2, -0.15) is 8.42 Å². The van der Waals surface area contributed by atoms with E-state index in [4.69, 9.17) is 22.7 Å². The molecule has 0 fully saturated rings. The molecule has 1 unspecified atom stereocenters. The molecule has 2 aromatic rings. The molecule has 0 radical (unpaired) electrons. The summed E-state index contributed by atoms with van der Waals surface area (Å²) in [6.07, 6.45) is 1.82. The van der Waals surface area contributed by atoms with Gasteiger partial charge in [0.05, 0.1) is 5.25 Å². The van der Waals surface area contributed by atoms with E-state index in [1.807, 2.05) is 24.4 Å². The maximum atomic E-state index is 11.2. The lowest BCUT2D eigenvalue weighted by atomic mass is 10.1. The molecule has 10 heteroatoms. The van der Waals surface area contributed by atoms with Crippen molar-refractivity contribution < 1.29 is 25.9 Å². The van der Waals surface area contributed by atoms with E-state index in [0.717, 1.165) is 10.9 Å². The molecule has 0 saturated heterocycles. The Hall–Kier alpha value is -1.46. The fourth-order valence-corrected chi connectivity index (χ4v) is 2.04. The van der Waals surface area contributed by atoms with E-state index in [0.29, 0.717) is 5.56 Å². The molecule has 0 bridgehead atoms. The molecule has 20 heavy (non-hydrogen) atoms. The molecule has 1 atom stereocenters. The Labute approximate surface area is 116 Å². The van der Waals surface area contributed by atoms with Crippen LogP contribution in [0.2, 0.25) is 0 Å². The lowest BCUT2D eigenvalue weighted by Gasteiger charge is -2.08. The highest BCUT2D eigenvalue weighted by Gasteiger charge is 2.17. The molecule has 0 saturated carbocycles. The van der Waals surface area contributed by atoms with Crippen molar-refractivity contribution in [3.05, 3.63) is 36.0 Å². The molecule has 0 aliphatic carbocycles. The third-order valence-corrected chi connectivity index (χ3v) is 3.80. The second-order valence-electron chi connectivity index (χ2n) is 4.00. The fraction of sp³-hybridized carbons (Fsp3) is 0.200. The van der Waals surface area contributed by atoms with Gasteiger partial charge in [0.2, 0.25) is 10.0 Å². The Morgan fingerprint density at radius 1 is 1.15 bits per heavy atom. The van der Waals surface area contributed by atoms with Crippen LogP contribution in [0.25, 0.3) is 10.9 Å². The largest absolute Gasteiger partial charge is 0.394 e. The van der Waals surface area contributed by atoms with Crippen LogP contribution < -0.4 is 5.14 Å². The van der Waals surface area contributed by atoms with E-state index in [2.05, 4.69) is 4.98 Å². The van der Waals surface area contributed by atoms with E-state index < -0.39 is 25.7 Å². The Kier molecular flexibility index (Phi) is 4.89. The molecule has 112 valence electrons. The predicted octanol–water partition coefficient (Wildman–Crippen LogP) is 0.865. The van der Waals surface area contributed by atoms with Crippen LogP contribution >= 0.6 is 0 Å². The number of nitrogens with one attached hydrogen (secondary N) is 1. The van der Waals surface area contributed by atoms with Crippen LogP contribution in [0.5, 0.6) is 0 Å². The number of H-pyrrole nitrogens is 1. The Morgan fingerprint density at radius 3 is 2.20 bits per heavy atom. The lowest BCUT2D eigenvalue weighted by molar-refractivity contribution is 0.381. The summed E-state index contributed by atoms with van der Waals surface area (Å²) in [4.78, 5) is 3.04. The third kappa shape index (κ3) is 5.27. The van der Waals surface area contributed by atoms with E-state index in [-0.39, 0.29) is 0 Å². The van der Waals surface area contributed by atoms with Crippen molar-refractivity contribution in [3.8, 4) is 0 Å². The fourth-order valence-electron chi connectivity index (χ4n) is 1.51. The third-order valence-electron chi connectivity index (χ3n) is 2.54. The number of benzene rings is 1. The highest BCUT2D eigenvalue weighted by molar-refractivity contribution is 7.89. The summed E-state index contributed by atoms with van der Waals surface area (Å²) in [5.41, 5.74) is 1.70. The van der Waals surface area contributed by atoms with Gasteiger partial charge in [-0.3, -0.25) is 9.11 Å². The second kappa shape index (κ2) is 5.89. The van der Waals surface area contributed by atoms with Crippen LogP contribution in [0.15, 0.2) is 30.5 Å². The number of primary sulfonamides is 1. The van der Waals surface area contributed by atoms with Gasteiger partial charge in [0.25, 0.3) is 0 Å². The average Bonchev–Trinajstić information content (AvgIpc) is 2.71. The van der Waals surface area contributed by atoms with E-state index >= 15 is 0 Å². The normalized spacial score (nSPS) is 13.6. The van der Waals surface area contributed by atoms with Crippen molar-refractivity contribution in [3.63, 3.8) is 0 Å². The molecule has 8 nitrogen and oxygen atoms in total. The Bertz CT molecular complexity index is 786. The van der Waals surface area contributed by atoms with Crippen LogP contribution in [0.4, 0.5) is 0 Å². The number of aromatic nitrogens is 1. The van der Waals surface area contributed by atoms with Gasteiger partial charge in [0, 0.05) is 11.7 Å². The number of rotatable bonds is 2. The van der Waals surface area contributed by atoms with Crippen molar-refractivity contribution in [2.24, 2.45) is 5.14 Å². The average molecular weight is 322 g/mol. The zero-order chi connectivity index (χ0) is 15.6. The quantitative estimate of drug-likeness (QED) is 0.602. The number of hydrogen-bond donors (Lipinski definition) is 4. The van der Waals surface area contributed by atoms with Crippen molar-refractivity contribution >= 4 is 31.3 Å². The summed E-state index contributed by atoms with van der Waals surface area (Å²) in [5.74, 6) is 0. The number of aromatic amines is 1. The molecular formula is C10H14N2O6S2. The first-order valence-electron chi connectivity index (χ1n) is 5.27. The summed E-state index contributed by atoms with van der Waals surface area (Å²) in [6, 6.07) is 7.36. The molecular weight excluding hydrogens is 308 g/mol. The van der Waals surface area contributed by atoms with Crippen molar-refractivity contribution in [2.75, 3.05) is 0 Å². The molecule has 0 aliphatic heterocycles. The van der Waals surface area contributed by atoms with Crippen LogP contribution in [0.3, 0.4) is 0 Å². The molecule has 1 aromatic heterocycles. The molecule has 1 aromatic carbocycles. The maximum Gasteiger partial charge on any atom is 0.394 e. The first-order chi connectivity index (χ1) is 8.98. The Balaban J connectivity index is 0.000000347. The number of nitrogens with two attached hydrogens (primary N) is 1. The highest BCUT2D eigenvalue weighted by atomic mass is 32.3. The van der Waals surface area contributed by atoms with Gasteiger partial charge in [-0.15, -0.1) is 0 Å². The minimum absolute atomic E-state index is 0.670. The van der Waals surface area contributed by atoms with Gasteiger partial charge >= 0.3 is 10.4 Å². The minimum atomic E-state index is -4.67. The Morgan fingerprint density at radius 2 is 1.70 bits per heavy atom. The SMILES string of the molecule is CC(c1ccc2[nH]ccc2c1)S(N)(=O)=O.O=S(=O)(O)O. The minimum Gasteiger partial charge on any atom is -0.361 e. The molecule has 0 spiro atoms. The topological polar surface area (TPSA) is 151 Å². The van der Waals surface area contributed by atoms with Crippen LogP contribution in [0.1, 0.15) is 17.7 Å². The van der Waals surface area contributed by atoms with E-state index in [1.165, 1.54) is 0 Å². The summed E-state index contributed by atoms with van der Waals surface area (Å²) >= 11 is 0. The second-order valence-corrected chi connectivity index (χ2v) is 6.78. The standard InChI is InChI=1S/C10H12N2O2S.H2O4S/c1-7(15(11,13)14)8-2-3-10-9(6-8)4-5-12-10;1-5(2,3)4/h2-7,12H,1H3,(H2,11,13,14);(H2,1,2,3,4). The summed E-state index contributed by atoms with van der Waals surface area (Å²) < 4.78 is 53.9. The molecule has 1 heterocycles. The molecule has 2 rings (SSSR count). The molecule has 5 N–H and O–H groups in total. The predicted molar refractivity (Wildman–Crippen MR) is 74.0 cm³/mol. The van der Waals surface area contributed by atoms with E-state index in [1.54, 1.807) is 13.0 Å². The van der Waals surface area contributed by atoms with Crippen LogP contribution in [0, 0.1) is 0 Å². The lowest BCUT2D eigenvalue weighted by Crippen LogP contribution is -2.19. The number of fused-ring (bicyclic) bond motifs is 1. The monoisotopic (exact) mass is 322 g/mol. The summed E-state index contributed by atoms with van der Waals surface area (Å²) in [5, 5.41) is 5.41. The number of hydrogen-bond acceptors (Lipinski definition) is 4. The van der Waals surface area contributed by atoms with Gasteiger partial charge in [-0.05, 0) is 36.1 Å². The van der Waals surface area contributed by atoms with Crippen molar-refractivity contribution in [1.29, 1.82) is 0 Å². The molecule has 0 amide bonds. The van der Waals surface area contributed by atoms with Gasteiger partial charge in [0.15, 0.2) is 0 Å².